The summed E-state index contributed by atoms with van der Waals surface area (Å²) in [4.78, 5) is 2.45. The molecule has 0 spiro atoms. The lowest BCUT2D eigenvalue weighted by Crippen LogP contribution is -2.32. The molecule has 0 aromatic carbocycles. The summed E-state index contributed by atoms with van der Waals surface area (Å²) in [6, 6.07) is 0. The molecule has 102 valence electrons. The number of hydrogen-bond acceptors (Lipinski definition) is 3. The molecule has 0 amide bonds. The number of ether oxygens (including phenoxy) is 1. The minimum absolute atomic E-state index is 0.505. The van der Waals surface area contributed by atoms with Gasteiger partial charge in [0, 0.05) is 33.3 Å². The molecule has 0 bridgehead atoms. The first-order chi connectivity index (χ1) is 7.84. The third-order valence-corrected chi connectivity index (χ3v) is 4.97. The summed E-state index contributed by atoms with van der Waals surface area (Å²) in [6.45, 7) is 14.7. The number of nitrogens with zero attached hydrogens (tertiary/aromatic N) is 1. The molecule has 1 fully saturated rings. The Morgan fingerprint density at radius 2 is 1.71 bits per heavy atom. The van der Waals surface area contributed by atoms with Crippen molar-refractivity contribution in [1.29, 1.82) is 0 Å². The van der Waals surface area contributed by atoms with Gasteiger partial charge in [-0.15, -0.1) is 0 Å². The standard InChI is InChI=1S/C14H30N2O/c1-13(2)12(14(13,3)4)11-16(5)9-7-15-8-10-17-6/h12,15H,7-11H2,1-6H3. The van der Waals surface area contributed by atoms with E-state index in [1.807, 2.05) is 0 Å². The molecule has 1 saturated carbocycles. The number of hydrogen-bond donors (Lipinski definition) is 1. The summed E-state index contributed by atoms with van der Waals surface area (Å²) < 4.78 is 5.00. The fraction of sp³-hybridized carbons (Fsp3) is 1.00. The van der Waals surface area contributed by atoms with Crippen molar-refractivity contribution in [2.24, 2.45) is 16.7 Å². The maximum Gasteiger partial charge on any atom is 0.0587 e. The number of likely N-dealkylation sites (N-methyl/N-ethyl adjacent to an activating group) is 1. The van der Waals surface area contributed by atoms with E-state index in [0.717, 1.165) is 32.2 Å². The molecule has 1 aliphatic carbocycles. The van der Waals surface area contributed by atoms with Crippen molar-refractivity contribution < 1.29 is 4.74 Å². The van der Waals surface area contributed by atoms with E-state index in [9.17, 15) is 0 Å². The second kappa shape index (κ2) is 5.68. The number of methoxy groups -OCH3 is 1. The van der Waals surface area contributed by atoms with Crippen LogP contribution in [0.4, 0.5) is 0 Å². The lowest BCUT2D eigenvalue weighted by Gasteiger charge is -2.18. The zero-order valence-electron chi connectivity index (χ0n) is 12.5. The quantitative estimate of drug-likeness (QED) is 0.657. The van der Waals surface area contributed by atoms with E-state index in [1.54, 1.807) is 7.11 Å². The van der Waals surface area contributed by atoms with Gasteiger partial charge in [-0.05, 0) is 23.8 Å². The minimum Gasteiger partial charge on any atom is -0.383 e. The predicted molar refractivity (Wildman–Crippen MR) is 73.3 cm³/mol. The summed E-state index contributed by atoms with van der Waals surface area (Å²) in [5.41, 5.74) is 1.01. The van der Waals surface area contributed by atoms with E-state index >= 15 is 0 Å². The van der Waals surface area contributed by atoms with E-state index in [0.29, 0.717) is 10.8 Å². The molecule has 1 aliphatic rings. The summed E-state index contributed by atoms with van der Waals surface area (Å²) in [6.07, 6.45) is 0. The molecule has 0 radical (unpaired) electrons. The van der Waals surface area contributed by atoms with Gasteiger partial charge in [0.2, 0.25) is 0 Å². The highest BCUT2D eigenvalue weighted by Crippen LogP contribution is 2.68. The van der Waals surface area contributed by atoms with Crippen molar-refractivity contribution in [3.8, 4) is 0 Å². The molecule has 0 unspecified atom stereocenters. The minimum atomic E-state index is 0.505. The Labute approximate surface area is 107 Å². The van der Waals surface area contributed by atoms with Gasteiger partial charge in [0.25, 0.3) is 0 Å². The van der Waals surface area contributed by atoms with Gasteiger partial charge in [0.15, 0.2) is 0 Å². The predicted octanol–water partition coefficient (Wildman–Crippen LogP) is 1.84. The van der Waals surface area contributed by atoms with Gasteiger partial charge in [-0.1, -0.05) is 27.7 Å². The van der Waals surface area contributed by atoms with Crippen LogP contribution in [-0.4, -0.2) is 51.8 Å². The highest BCUT2D eigenvalue weighted by molar-refractivity contribution is 5.12. The lowest BCUT2D eigenvalue weighted by atomic mass is 10.0. The molecule has 3 heteroatoms. The zero-order valence-corrected chi connectivity index (χ0v) is 12.5. The van der Waals surface area contributed by atoms with Crippen LogP contribution < -0.4 is 5.32 Å². The molecule has 0 aliphatic heterocycles. The Bertz CT molecular complexity index is 224. The van der Waals surface area contributed by atoms with Crippen molar-refractivity contribution in [2.45, 2.75) is 27.7 Å². The van der Waals surface area contributed by atoms with Gasteiger partial charge >= 0.3 is 0 Å². The molecule has 1 N–H and O–H groups in total. The third kappa shape index (κ3) is 3.43. The van der Waals surface area contributed by atoms with Gasteiger partial charge < -0.3 is 15.0 Å². The fourth-order valence-corrected chi connectivity index (χ4v) is 2.76. The average molecular weight is 242 g/mol. The first kappa shape index (κ1) is 14.9. The zero-order chi connectivity index (χ0) is 13.1. The summed E-state index contributed by atoms with van der Waals surface area (Å²) in [5.74, 6) is 0.832. The normalized spacial score (nSPS) is 22.1. The van der Waals surface area contributed by atoms with E-state index in [-0.39, 0.29) is 0 Å². The summed E-state index contributed by atoms with van der Waals surface area (Å²) in [5, 5.41) is 3.39. The molecule has 0 aromatic heterocycles. The molecule has 0 saturated heterocycles. The monoisotopic (exact) mass is 242 g/mol. The van der Waals surface area contributed by atoms with E-state index in [1.165, 1.54) is 6.54 Å². The Morgan fingerprint density at radius 1 is 1.12 bits per heavy atom. The summed E-state index contributed by atoms with van der Waals surface area (Å²) in [7, 11) is 3.97. The van der Waals surface area contributed by atoms with Crippen LogP contribution in [0, 0.1) is 16.7 Å². The average Bonchev–Trinajstić information content (AvgIpc) is 2.61. The van der Waals surface area contributed by atoms with Crippen molar-refractivity contribution in [3.63, 3.8) is 0 Å². The van der Waals surface area contributed by atoms with Crippen molar-refractivity contribution >= 4 is 0 Å². The molecule has 0 heterocycles. The molecular formula is C14H30N2O. The summed E-state index contributed by atoms with van der Waals surface area (Å²) >= 11 is 0. The van der Waals surface area contributed by atoms with E-state index < -0.39 is 0 Å². The highest BCUT2D eigenvalue weighted by Gasteiger charge is 2.64. The van der Waals surface area contributed by atoms with Crippen LogP contribution in [0.15, 0.2) is 0 Å². The van der Waals surface area contributed by atoms with Crippen molar-refractivity contribution in [1.82, 2.24) is 10.2 Å². The van der Waals surface area contributed by atoms with Gasteiger partial charge in [0.1, 0.15) is 0 Å². The van der Waals surface area contributed by atoms with Crippen molar-refractivity contribution in [3.05, 3.63) is 0 Å². The second-order valence-electron chi connectivity index (χ2n) is 6.50. The fourth-order valence-electron chi connectivity index (χ4n) is 2.76. The Hall–Kier alpha value is -0.120. The van der Waals surface area contributed by atoms with Gasteiger partial charge in [-0.2, -0.15) is 0 Å². The van der Waals surface area contributed by atoms with Crippen LogP contribution in [0.3, 0.4) is 0 Å². The van der Waals surface area contributed by atoms with Crippen LogP contribution in [0.1, 0.15) is 27.7 Å². The molecular weight excluding hydrogens is 212 g/mol. The molecule has 17 heavy (non-hydrogen) atoms. The van der Waals surface area contributed by atoms with Crippen LogP contribution in [0.2, 0.25) is 0 Å². The Morgan fingerprint density at radius 3 is 2.18 bits per heavy atom. The number of nitrogens with one attached hydrogen (secondary N) is 1. The maximum absolute atomic E-state index is 5.00. The van der Waals surface area contributed by atoms with Gasteiger partial charge in [-0.3, -0.25) is 0 Å². The van der Waals surface area contributed by atoms with Crippen molar-refractivity contribution in [2.75, 3.05) is 46.9 Å². The second-order valence-corrected chi connectivity index (χ2v) is 6.50. The molecule has 3 nitrogen and oxygen atoms in total. The third-order valence-electron chi connectivity index (χ3n) is 4.97. The van der Waals surface area contributed by atoms with Gasteiger partial charge in [0.05, 0.1) is 6.61 Å². The first-order valence-corrected chi connectivity index (χ1v) is 6.72. The SMILES string of the molecule is COCCNCCN(C)CC1C(C)(C)C1(C)C. The highest BCUT2D eigenvalue weighted by atomic mass is 16.5. The maximum atomic E-state index is 5.00. The molecule has 0 aromatic rings. The van der Waals surface area contributed by atoms with E-state index in [4.69, 9.17) is 4.74 Å². The van der Waals surface area contributed by atoms with Gasteiger partial charge in [-0.25, -0.2) is 0 Å². The smallest absolute Gasteiger partial charge is 0.0587 e. The molecule has 0 atom stereocenters. The van der Waals surface area contributed by atoms with Crippen LogP contribution >= 0.6 is 0 Å². The Balaban J connectivity index is 2.13. The van der Waals surface area contributed by atoms with Crippen LogP contribution in [0.25, 0.3) is 0 Å². The topological polar surface area (TPSA) is 24.5 Å². The molecule has 1 rings (SSSR count). The van der Waals surface area contributed by atoms with E-state index in [2.05, 4.69) is 45.0 Å². The Kier molecular flexibility index (Phi) is 4.99. The largest absolute Gasteiger partial charge is 0.383 e. The van der Waals surface area contributed by atoms with Crippen LogP contribution in [0.5, 0.6) is 0 Å². The van der Waals surface area contributed by atoms with Crippen LogP contribution in [-0.2, 0) is 4.74 Å². The lowest BCUT2D eigenvalue weighted by molar-refractivity contribution is 0.197. The number of rotatable bonds is 8. The first-order valence-electron chi connectivity index (χ1n) is 6.72.